The van der Waals surface area contributed by atoms with Crippen molar-refractivity contribution in [2.24, 2.45) is 0 Å². The zero-order valence-electron chi connectivity index (χ0n) is 13.2. The van der Waals surface area contributed by atoms with Gasteiger partial charge in [0.2, 0.25) is 5.91 Å². The molecule has 0 saturated heterocycles. The molecule has 0 atom stereocenters. The average Bonchev–Trinajstić information content (AvgIpc) is 3.04. The molecule has 2 aromatic carbocycles. The van der Waals surface area contributed by atoms with Crippen LogP contribution in [-0.4, -0.2) is 26.4 Å². The fraction of sp³-hybridized carbons (Fsp3) is 0.118. The van der Waals surface area contributed by atoms with Gasteiger partial charge in [-0.1, -0.05) is 45.4 Å². The summed E-state index contributed by atoms with van der Waals surface area (Å²) in [6.07, 6.45) is 1.60. The second kappa shape index (κ2) is 8.03. The van der Waals surface area contributed by atoms with Gasteiger partial charge in [0.25, 0.3) is 0 Å². The Balaban J connectivity index is 1.66. The van der Waals surface area contributed by atoms with Crippen LogP contribution in [0.15, 0.2) is 58.4 Å². The predicted molar refractivity (Wildman–Crippen MR) is 105 cm³/mol. The van der Waals surface area contributed by atoms with Crippen LogP contribution in [0.4, 0.5) is 5.69 Å². The van der Waals surface area contributed by atoms with E-state index in [1.165, 1.54) is 11.8 Å². The maximum atomic E-state index is 12.2. The van der Waals surface area contributed by atoms with Gasteiger partial charge < -0.3 is 5.32 Å². The maximum Gasteiger partial charge on any atom is 0.234 e. The van der Waals surface area contributed by atoms with E-state index in [0.717, 1.165) is 21.4 Å². The third-order valence-corrected chi connectivity index (χ3v) is 5.07. The Morgan fingerprint density at radius 1 is 1.32 bits per heavy atom. The number of hydrogen-bond donors (Lipinski definition) is 1. The van der Waals surface area contributed by atoms with Gasteiger partial charge in [0.15, 0.2) is 5.16 Å². The number of carbonyl (C=O) groups is 1. The Kier molecular flexibility index (Phi) is 5.78. The molecule has 25 heavy (non-hydrogen) atoms. The van der Waals surface area contributed by atoms with Gasteiger partial charge in [-0.2, -0.15) is 0 Å². The third-order valence-electron chi connectivity index (χ3n) is 3.40. The van der Waals surface area contributed by atoms with Crippen LogP contribution < -0.4 is 5.32 Å². The highest BCUT2D eigenvalue weighted by molar-refractivity contribution is 9.10. The van der Waals surface area contributed by atoms with Crippen LogP contribution in [0, 0.1) is 6.92 Å². The summed E-state index contributed by atoms with van der Waals surface area (Å²) in [4.78, 5) is 12.2. The van der Waals surface area contributed by atoms with Gasteiger partial charge in [0.05, 0.1) is 11.4 Å². The molecule has 1 heterocycles. The Bertz CT molecular complexity index is 915. The number of aromatic nitrogens is 3. The Morgan fingerprint density at radius 3 is 2.92 bits per heavy atom. The van der Waals surface area contributed by atoms with E-state index >= 15 is 0 Å². The molecule has 1 N–H and O–H groups in total. The summed E-state index contributed by atoms with van der Waals surface area (Å²) in [6.45, 7) is 1.95. The van der Waals surface area contributed by atoms with Crippen LogP contribution in [0.3, 0.4) is 0 Å². The standard InChI is InChI=1S/C17H14BrClN4OS/c1-11-7-12(18)5-6-15(11)21-16(24)9-25-17-22-20-10-23(17)14-4-2-3-13(19)8-14/h2-8,10H,9H2,1H3,(H,21,24). The van der Waals surface area contributed by atoms with E-state index in [0.29, 0.717) is 10.2 Å². The van der Waals surface area contributed by atoms with Crippen molar-refractivity contribution >= 4 is 50.9 Å². The first-order valence-corrected chi connectivity index (χ1v) is 9.53. The third kappa shape index (κ3) is 4.62. The van der Waals surface area contributed by atoms with E-state index in [9.17, 15) is 4.79 Å². The molecule has 0 saturated carbocycles. The molecule has 0 unspecified atom stereocenters. The van der Waals surface area contributed by atoms with Crippen molar-refractivity contribution in [1.29, 1.82) is 0 Å². The van der Waals surface area contributed by atoms with Crippen molar-refractivity contribution in [2.75, 3.05) is 11.1 Å². The van der Waals surface area contributed by atoms with E-state index in [-0.39, 0.29) is 11.7 Å². The SMILES string of the molecule is Cc1cc(Br)ccc1NC(=O)CSc1nncn1-c1cccc(Cl)c1. The lowest BCUT2D eigenvalue weighted by Crippen LogP contribution is -2.15. The van der Waals surface area contributed by atoms with Crippen LogP contribution in [-0.2, 0) is 4.79 Å². The number of nitrogens with zero attached hydrogens (tertiary/aromatic N) is 3. The molecule has 0 fully saturated rings. The minimum atomic E-state index is -0.101. The smallest absolute Gasteiger partial charge is 0.234 e. The molecule has 0 aliphatic rings. The van der Waals surface area contributed by atoms with Gasteiger partial charge in [-0.25, -0.2) is 0 Å². The summed E-state index contributed by atoms with van der Waals surface area (Å²) >= 11 is 10.8. The van der Waals surface area contributed by atoms with Crippen molar-refractivity contribution in [3.63, 3.8) is 0 Å². The summed E-state index contributed by atoms with van der Waals surface area (Å²) in [7, 11) is 0. The lowest BCUT2D eigenvalue weighted by molar-refractivity contribution is -0.113. The zero-order valence-corrected chi connectivity index (χ0v) is 16.4. The Labute approximate surface area is 162 Å². The molecule has 5 nitrogen and oxygen atoms in total. The molecular weight excluding hydrogens is 424 g/mol. The van der Waals surface area contributed by atoms with Gasteiger partial charge in [-0.05, 0) is 48.9 Å². The van der Waals surface area contributed by atoms with Gasteiger partial charge in [-0.3, -0.25) is 9.36 Å². The van der Waals surface area contributed by atoms with Crippen molar-refractivity contribution in [3.8, 4) is 5.69 Å². The Hall–Kier alpha value is -1.83. The molecule has 0 aliphatic heterocycles. The number of nitrogens with one attached hydrogen (secondary N) is 1. The molecule has 8 heteroatoms. The lowest BCUT2D eigenvalue weighted by atomic mass is 10.2. The quantitative estimate of drug-likeness (QED) is 0.587. The average molecular weight is 438 g/mol. The van der Waals surface area contributed by atoms with Gasteiger partial charge in [0, 0.05) is 15.2 Å². The predicted octanol–water partition coefficient (Wildman–Crippen LogP) is 4.72. The highest BCUT2D eigenvalue weighted by atomic mass is 79.9. The molecule has 0 spiro atoms. The fourth-order valence-electron chi connectivity index (χ4n) is 2.21. The number of halogens is 2. The van der Waals surface area contributed by atoms with E-state index in [2.05, 4.69) is 31.4 Å². The summed E-state index contributed by atoms with van der Waals surface area (Å²) in [5.74, 6) is 0.130. The van der Waals surface area contributed by atoms with Crippen LogP contribution in [0.2, 0.25) is 5.02 Å². The number of rotatable bonds is 5. The number of benzene rings is 2. The van der Waals surface area contributed by atoms with Crippen molar-refractivity contribution in [3.05, 3.63) is 63.9 Å². The van der Waals surface area contributed by atoms with Crippen molar-refractivity contribution in [1.82, 2.24) is 14.8 Å². The highest BCUT2D eigenvalue weighted by Gasteiger charge is 2.11. The highest BCUT2D eigenvalue weighted by Crippen LogP contribution is 2.23. The molecule has 3 rings (SSSR count). The molecule has 1 amide bonds. The number of amides is 1. The largest absolute Gasteiger partial charge is 0.325 e. The molecule has 0 radical (unpaired) electrons. The molecule has 3 aromatic rings. The van der Waals surface area contributed by atoms with E-state index in [4.69, 9.17) is 11.6 Å². The van der Waals surface area contributed by atoms with Gasteiger partial charge in [-0.15, -0.1) is 10.2 Å². The van der Waals surface area contributed by atoms with Crippen LogP contribution in [0.25, 0.3) is 5.69 Å². The first kappa shape index (κ1) is 18.0. The van der Waals surface area contributed by atoms with Crippen LogP contribution in [0.1, 0.15) is 5.56 Å². The Morgan fingerprint density at radius 2 is 2.16 bits per heavy atom. The zero-order chi connectivity index (χ0) is 17.8. The number of hydrogen-bond acceptors (Lipinski definition) is 4. The van der Waals surface area contributed by atoms with Gasteiger partial charge in [0.1, 0.15) is 6.33 Å². The van der Waals surface area contributed by atoms with Crippen molar-refractivity contribution in [2.45, 2.75) is 12.1 Å². The second-order valence-electron chi connectivity index (χ2n) is 5.26. The minimum absolute atomic E-state index is 0.101. The summed E-state index contributed by atoms with van der Waals surface area (Å²) in [6, 6.07) is 13.1. The normalized spacial score (nSPS) is 10.7. The first-order chi connectivity index (χ1) is 12.0. The summed E-state index contributed by atoms with van der Waals surface area (Å²) in [5.41, 5.74) is 2.64. The topological polar surface area (TPSA) is 59.8 Å². The van der Waals surface area contributed by atoms with E-state index in [1.807, 2.05) is 43.3 Å². The molecule has 0 aliphatic carbocycles. The van der Waals surface area contributed by atoms with Crippen LogP contribution in [0.5, 0.6) is 0 Å². The minimum Gasteiger partial charge on any atom is -0.325 e. The van der Waals surface area contributed by atoms with Crippen molar-refractivity contribution < 1.29 is 4.79 Å². The first-order valence-electron chi connectivity index (χ1n) is 7.38. The van der Waals surface area contributed by atoms with E-state index < -0.39 is 0 Å². The molecule has 128 valence electrons. The lowest BCUT2D eigenvalue weighted by Gasteiger charge is -2.09. The molecular formula is C17H14BrClN4OS. The van der Waals surface area contributed by atoms with E-state index in [1.54, 1.807) is 17.0 Å². The number of anilines is 1. The molecule has 1 aromatic heterocycles. The second-order valence-corrected chi connectivity index (χ2v) is 7.55. The maximum absolute atomic E-state index is 12.2. The monoisotopic (exact) mass is 436 g/mol. The number of carbonyl (C=O) groups excluding carboxylic acids is 1. The number of aryl methyl sites for hydroxylation is 1. The summed E-state index contributed by atoms with van der Waals surface area (Å²) < 4.78 is 2.78. The van der Waals surface area contributed by atoms with Gasteiger partial charge >= 0.3 is 0 Å². The number of thioether (sulfide) groups is 1. The van der Waals surface area contributed by atoms with Crippen LogP contribution >= 0.6 is 39.3 Å². The molecule has 0 bridgehead atoms. The summed E-state index contributed by atoms with van der Waals surface area (Å²) in [5, 5.41) is 12.2. The fourth-order valence-corrected chi connectivity index (χ4v) is 3.60.